The average Bonchev–Trinajstić information content (AvgIpc) is 3.24. The predicted octanol–water partition coefficient (Wildman–Crippen LogP) is 2.03. The summed E-state index contributed by atoms with van der Waals surface area (Å²) in [5.74, 6) is 5.05. The fourth-order valence-corrected chi connectivity index (χ4v) is 2.66. The van der Waals surface area contributed by atoms with Gasteiger partial charge in [-0.3, -0.25) is 14.9 Å². The SMILES string of the molecule is Nn1c(SCC(=O)Nc2ccc(F)c([N+](=O)[O-])c2)nnc1-c1ccco1. The largest absolute Gasteiger partial charge is 0.461 e. The fourth-order valence-electron chi connectivity index (χ4n) is 2.01. The van der Waals surface area contributed by atoms with Crippen LogP contribution >= 0.6 is 11.8 Å². The van der Waals surface area contributed by atoms with Crippen LogP contribution in [0.25, 0.3) is 11.6 Å². The fraction of sp³-hybridized carbons (Fsp3) is 0.0714. The van der Waals surface area contributed by atoms with E-state index < -0.39 is 22.3 Å². The summed E-state index contributed by atoms with van der Waals surface area (Å²) in [6, 6.07) is 6.42. The highest BCUT2D eigenvalue weighted by Crippen LogP contribution is 2.23. The number of carbonyl (C=O) groups excluding carboxylic acids is 1. The van der Waals surface area contributed by atoms with Gasteiger partial charge >= 0.3 is 5.69 Å². The standard InChI is InChI=1S/C14H11FN6O4S/c15-9-4-3-8(6-10(9)21(23)24)17-12(22)7-26-14-19-18-13(20(14)16)11-2-1-5-25-11/h1-6H,7,16H2,(H,17,22). The highest BCUT2D eigenvalue weighted by molar-refractivity contribution is 7.99. The zero-order valence-corrected chi connectivity index (χ0v) is 13.8. The summed E-state index contributed by atoms with van der Waals surface area (Å²) in [6.45, 7) is 0. The Labute approximate surface area is 149 Å². The van der Waals surface area contributed by atoms with E-state index in [9.17, 15) is 19.3 Å². The molecule has 0 bridgehead atoms. The molecule has 2 aromatic heterocycles. The molecule has 3 N–H and O–H groups in total. The van der Waals surface area contributed by atoms with Gasteiger partial charge in [0.05, 0.1) is 16.9 Å². The summed E-state index contributed by atoms with van der Waals surface area (Å²) in [6.07, 6.45) is 1.46. The molecule has 0 saturated carbocycles. The molecule has 2 heterocycles. The van der Waals surface area contributed by atoms with Crippen LogP contribution in [0.4, 0.5) is 15.8 Å². The summed E-state index contributed by atoms with van der Waals surface area (Å²) in [5, 5.41) is 21.2. The Morgan fingerprint density at radius 2 is 2.23 bits per heavy atom. The lowest BCUT2D eigenvalue weighted by atomic mass is 10.2. The van der Waals surface area contributed by atoms with E-state index in [0.717, 1.165) is 23.9 Å². The van der Waals surface area contributed by atoms with E-state index >= 15 is 0 Å². The molecular formula is C14H11FN6O4S. The molecule has 26 heavy (non-hydrogen) atoms. The average molecular weight is 378 g/mol. The molecule has 0 aliphatic heterocycles. The van der Waals surface area contributed by atoms with E-state index in [4.69, 9.17) is 10.3 Å². The first kappa shape index (κ1) is 17.4. The van der Waals surface area contributed by atoms with Gasteiger partial charge < -0.3 is 15.6 Å². The number of benzene rings is 1. The van der Waals surface area contributed by atoms with Gasteiger partial charge in [0.25, 0.3) is 0 Å². The molecule has 0 aliphatic rings. The Morgan fingerprint density at radius 3 is 2.92 bits per heavy atom. The zero-order valence-electron chi connectivity index (χ0n) is 13.0. The third-order valence-corrected chi connectivity index (χ3v) is 4.11. The number of nitrogens with two attached hydrogens (primary N) is 1. The number of hydrogen-bond acceptors (Lipinski definition) is 8. The van der Waals surface area contributed by atoms with Gasteiger partial charge in [-0.05, 0) is 24.3 Å². The van der Waals surface area contributed by atoms with Crippen LogP contribution in [0.3, 0.4) is 0 Å². The minimum absolute atomic E-state index is 0.0847. The lowest BCUT2D eigenvalue weighted by molar-refractivity contribution is -0.387. The van der Waals surface area contributed by atoms with Gasteiger partial charge in [-0.2, -0.15) is 4.39 Å². The number of carbonyl (C=O) groups is 1. The number of thioether (sulfide) groups is 1. The minimum atomic E-state index is -0.982. The van der Waals surface area contributed by atoms with Crippen molar-refractivity contribution in [3.05, 3.63) is 52.5 Å². The number of anilines is 1. The van der Waals surface area contributed by atoms with Crippen LogP contribution in [0, 0.1) is 15.9 Å². The number of nitro groups is 1. The van der Waals surface area contributed by atoms with Crippen LogP contribution in [0.2, 0.25) is 0 Å². The van der Waals surface area contributed by atoms with Crippen molar-refractivity contribution < 1.29 is 18.5 Å². The molecule has 0 spiro atoms. The van der Waals surface area contributed by atoms with Crippen LogP contribution in [-0.4, -0.2) is 31.5 Å². The third kappa shape index (κ3) is 3.64. The number of hydrogen-bond donors (Lipinski definition) is 2. The van der Waals surface area contributed by atoms with Crippen LogP contribution in [-0.2, 0) is 4.79 Å². The normalized spacial score (nSPS) is 10.7. The van der Waals surface area contributed by atoms with E-state index in [1.54, 1.807) is 12.1 Å². The predicted molar refractivity (Wildman–Crippen MR) is 90.3 cm³/mol. The van der Waals surface area contributed by atoms with Gasteiger partial charge in [-0.15, -0.1) is 10.2 Å². The Balaban J connectivity index is 1.63. The molecule has 0 radical (unpaired) electrons. The molecule has 10 nitrogen and oxygen atoms in total. The quantitative estimate of drug-likeness (QED) is 0.287. The van der Waals surface area contributed by atoms with Gasteiger partial charge in [-0.25, -0.2) is 4.68 Å². The Bertz CT molecular complexity index is 959. The summed E-state index contributed by atoms with van der Waals surface area (Å²) in [7, 11) is 0. The molecule has 1 amide bonds. The number of nitro benzene ring substituents is 1. The summed E-state index contributed by atoms with van der Waals surface area (Å²) in [4.78, 5) is 21.8. The number of amides is 1. The number of nitrogens with one attached hydrogen (secondary N) is 1. The van der Waals surface area contributed by atoms with Crippen molar-refractivity contribution >= 4 is 29.0 Å². The number of nitrogens with zero attached hydrogens (tertiary/aromatic N) is 4. The topological polar surface area (TPSA) is 142 Å². The number of furan rings is 1. The van der Waals surface area contributed by atoms with E-state index in [1.807, 2.05) is 0 Å². The van der Waals surface area contributed by atoms with Crippen molar-refractivity contribution in [3.8, 4) is 11.6 Å². The van der Waals surface area contributed by atoms with Gasteiger partial charge in [0.1, 0.15) is 0 Å². The van der Waals surface area contributed by atoms with Crippen molar-refractivity contribution in [1.29, 1.82) is 0 Å². The monoisotopic (exact) mass is 378 g/mol. The molecule has 1 aromatic carbocycles. The van der Waals surface area contributed by atoms with Crippen molar-refractivity contribution in [3.63, 3.8) is 0 Å². The van der Waals surface area contributed by atoms with Gasteiger partial charge in [0, 0.05) is 11.8 Å². The number of halogens is 1. The molecule has 12 heteroatoms. The van der Waals surface area contributed by atoms with Gasteiger partial charge in [0.15, 0.2) is 5.76 Å². The van der Waals surface area contributed by atoms with Crippen molar-refractivity contribution in [2.75, 3.05) is 16.9 Å². The molecule has 0 unspecified atom stereocenters. The van der Waals surface area contributed by atoms with Crippen LogP contribution in [0.1, 0.15) is 0 Å². The van der Waals surface area contributed by atoms with E-state index in [0.29, 0.717) is 11.6 Å². The van der Waals surface area contributed by atoms with Gasteiger partial charge in [0.2, 0.25) is 22.7 Å². The molecular weight excluding hydrogens is 367 g/mol. The minimum Gasteiger partial charge on any atom is -0.461 e. The Morgan fingerprint density at radius 1 is 1.42 bits per heavy atom. The van der Waals surface area contributed by atoms with Crippen molar-refractivity contribution in [1.82, 2.24) is 14.9 Å². The molecule has 3 rings (SSSR count). The third-order valence-electron chi connectivity index (χ3n) is 3.17. The lowest BCUT2D eigenvalue weighted by Gasteiger charge is -2.05. The van der Waals surface area contributed by atoms with Gasteiger partial charge in [-0.1, -0.05) is 11.8 Å². The maximum absolute atomic E-state index is 13.3. The number of rotatable bonds is 6. The zero-order chi connectivity index (χ0) is 18.7. The summed E-state index contributed by atoms with van der Waals surface area (Å²) >= 11 is 1.01. The van der Waals surface area contributed by atoms with E-state index in [1.165, 1.54) is 17.0 Å². The molecule has 0 fully saturated rings. The smallest absolute Gasteiger partial charge is 0.306 e. The Kier molecular flexibility index (Phi) is 4.84. The Hall–Kier alpha value is -3.41. The van der Waals surface area contributed by atoms with E-state index in [-0.39, 0.29) is 16.6 Å². The number of nitrogen functional groups attached to an aromatic ring is 1. The highest BCUT2D eigenvalue weighted by atomic mass is 32.2. The molecule has 134 valence electrons. The van der Waals surface area contributed by atoms with Crippen LogP contribution in [0.15, 0.2) is 46.2 Å². The lowest BCUT2D eigenvalue weighted by Crippen LogP contribution is -2.16. The second kappa shape index (κ2) is 7.23. The highest BCUT2D eigenvalue weighted by Gasteiger charge is 2.17. The summed E-state index contributed by atoms with van der Waals surface area (Å²) < 4.78 is 19.7. The maximum atomic E-state index is 13.3. The first-order valence-corrected chi connectivity index (χ1v) is 8.05. The number of aromatic nitrogens is 3. The van der Waals surface area contributed by atoms with Crippen LogP contribution in [0.5, 0.6) is 0 Å². The maximum Gasteiger partial charge on any atom is 0.306 e. The van der Waals surface area contributed by atoms with Crippen molar-refractivity contribution in [2.45, 2.75) is 5.16 Å². The molecule has 3 aromatic rings. The molecule has 0 saturated heterocycles. The van der Waals surface area contributed by atoms with E-state index in [2.05, 4.69) is 15.5 Å². The van der Waals surface area contributed by atoms with Crippen LogP contribution < -0.4 is 11.2 Å². The molecule has 0 aliphatic carbocycles. The second-order valence-corrected chi connectivity index (χ2v) is 5.86. The molecule has 0 atom stereocenters. The van der Waals surface area contributed by atoms with Crippen molar-refractivity contribution in [2.24, 2.45) is 0 Å². The first-order chi connectivity index (χ1) is 12.5. The summed E-state index contributed by atoms with van der Waals surface area (Å²) in [5.41, 5.74) is -0.616. The first-order valence-electron chi connectivity index (χ1n) is 7.06. The second-order valence-electron chi connectivity index (χ2n) is 4.91.